The van der Waals surface area contributed by atoms with Crippen molar-refractivity contribution in [2.24, 2.45) is 0 Å². The second kappa shape index (κ2) is 7.57. The van der Waals surface area contributed by atoms with Crippen molar-refractivity contribution in [3.63, 3.8) is 0 Å². The van der Waals surface area contributed by atoms with Gasteiger partial charge in [-0.1, -0.05) is 104 Å². The van der Waals surface area contributed by atoms with E-state index in [0.29, 0.717) is 19.4 Å². The Kier molecular flexibility index (Phi) is 4.97. The van der Waals surface area contributed by atoms with Crippen molar-refractivity contribution in [3.05, 3.63) is 120 Å². The van der Waals surface area contributed by atoms with Gasteiger partial charge in [-0.15, -0.1) is 0 Å². The summed E-state index contributed by atoms with van der Waals surface area (Å²) < 4.78 is 6.27. The van der Waals surface area contributed by atoms with Crippen LogP contribution < -0.4 is 0 Å². The molecular weight excluding hydrogens is 344 g/mol. The molecule has 0 saturated heterocycles. The Morgan fingerprint density at radius 1 is 0.821 bits per heavy atom. The molecule has 2 nitrogen and oxygen atoms in total. The molecule has 0 heterocycles. The van der Waals surface area contributed by atoms with Gasteiger partial charge in [-0.25, -0.2) is 0 Å². The Morgan fingerprint density at radius 2 is 1.32 bits per heavy atom. The molecule has 0 bridgehead atoms. The Morgan fingerprint density at radius 3 is 1.82 bits per heavy atom. The zero-order valence-corrected chi connectivity index (χ0v) is 15.9. The molecular formula is C26H24O2. The van der Waals surface area contributed by atoms with Crippen molar-refractivity contribution in [3.8, 4) is 0 Å². The maximum absolute atomic E-state index is 13.3. The monoisotopic (exact) mass is 368 g/mol. The number of Topliss-reactive ketones (excluding diaryl/α,β-unsaturated/α-hetero) is 1. The quantitative estimate of drug-likeness (QED) is 0.539. The van der Waals surface area contributed by atoms with Crippen LogP contribution >= 0.6 is 0 Å². The standard InChI is InChI=1S/C26H24O2/c1-2-26(28-19-21-12-6-3-7-13-21)20-25(18-24(26)27,22-14-8-4-9-15-22)23-16-10-5-11-17-23/h2-17H,1,18-20H2/t26-/m0/s1. The van der Waals surface area contributed by atoms with E-state index in [2.05, 4.69) is 30.8 Å². The Balaban J connectivity index is 1.73. The second-order valence-corrected chi connectivity index (χ2v) is 7.46. The van der Waals surface area contributed by atoms with E-state index in [4.69, 9.17) is 4.74 Å². The first-order valence-corrected chi connectivity index (χ1v) is 9.64. The van der Waals surface area contributed by atoms with Crippen LogP contribution in [-0.4, -0.2) is 11.4 Å². The van der Waals surface area contributed by atoms with Gasteiger partial charge in [0.1, 0.15) is 5.60 Å². The highest BCUT2D eigenvalue weighted by Crippen LogP contribution is 2.50. The summed E-state index contributed by atoms with van der Waals surface area (Å²) in [5, 5.41) is 0. The number of benzene rings is 3. The molecule has 0 aliphatic heterocycles. The predicted molar refractivity (Wildman–Crippen MR) is 112 cm³/mol. The molecule has 0 N–H and O–H groups in total. The molecule has 0 unspecified atom stereocenters. The Hall–Kier alpha value is -2.97. The fraction of sp³-hybridized carbons (Fsp3) is 0.192. The molecule has 2 heteroatoms. The summed E-state index contributed by atoms with van der Waals surface area (Å²) in [5.41, 5.74) is 1.93. The molecule has 1 atom stereocenters. The maximum atomic E-state index is 13.3. The molecule has 0 amide bonds. The zero-order chi connectivity index (χ0) is 19.5. The summed E-state index contributed by atoms with van der Waals surface area (Å²) in [4.78, 5) is 13.3. The van der Waals surface area contributed by atoms with Gasteiger partial charge in [0.05, 0.1) is 6.61 Å². The molecule has 0 spiro atoms. The average molecular weight is 368 g/mol. The van der Waals surface area contributed by atoms with Crippen molar-refractivity contribution in [2.45, 2.75) is 30.5 Å². The van der Waals surface area contributed by atoms with Crippen LogP contribution in [0.2, 0.25) is 0 Å². The number of hydrogen-bond acceptors (Lipinski definition) is 2. The molecule has 28 heavy (non-hydrogen) atoms. The van der Waals surface area contributed by atoms with E-state index in [1.807, 2.05) is 66.7 Å². The minimum Gasteiger partial charge on any atom is -0.358 e. The van der Waals surface area contributed by atoms with Gasteiger partial charge in [-0.05, 0) is 16.7 Å². The lowest BCUT2D eigenvalue weighted by atomic mass is 9.72. The van der Waals surface area contributed by atoms with Crippen LogP contribution in [0.1, 0.15) is 29.5 Å². The minimum atomic E-state index is -0.985. The van der Waals surface area contributed by atoms with Gasteiger partial charge in [0.2, 0.25) is 0 Å². The van der Waals surface area contributed by atoms with Crippen molar-refractivity contribution in [1.82, 2.24) is 0 Å². The van der Waals surface area contributed by atoms with E-state index >= 15 is 0 Å². The van der Waals surface area contributed by atoms with E-state index in [-0.39, 0.29) is 5.78 Å². The summed E-state index contributed by atoms with van der Waals surface area (Å²) in [6, 6.07) is 30.5. The highest BCUT2D eigenvalue weighted by atomic mass is 16.5. The molecule has 3 aromatic carbocycles. The van der Waals surface area contributed by atoms with Gasteiger partial charge in [-0.3, -0.25) is 4.79 Å². The molecule has 1 aliphatic rings. The first-order valence-electron chi connectivity index (χ1n) is 9.64. The van der Waals surface area contributed by atoms with E-state index in [1.54, 1.807) is 6.08 Å². The van der Waals surface area contributed by atoms with Gasteiger partial charge < -0.3 is 4.74 Å². The number of hydrogen-bond donors (Lipinski definition) is 0. The maximum Gasteiger partial charge on any atom is 0.169 e. The van der Waals surface area contributed by atoms with Crippen LogP contribution in [0.25, 0.3) is 0 Å². The van der Waals surface area contributed by atoms with Gasteiger partial charge in [0.25, 0.3) is 0 Å². The number of carbonyl (C=O) groups excluding carboxylic acids is 1. The first-order chi connectivity index (χ1) is 13.7. The highest BCUT2D eigenvalue weighted by Gasteiger charge is 2.55. The number of carbonyl (C=O) groups is 1. The number of ether oxygens (including phenoxy) is 1. The second-order valence-electron chi connectivity index (χ2n) is 7.46. The van der Waals surface area contributed by atoms with Gasteiger partial charge >= 0.3 is 0 Å². The third kappa shape index (κ3) is 3.21. The smallest absolute Gasteiger partial charge is 0.169 e. The Labute approximate surface area is 166 Å². The van der Waals surface area contributed by atoms with E-state index in [9.17, 15) is 4.79 Å². The molecule has 4 rings (SSSR count). The number of rotatable bonds is 6. The molecule has 1 aliphatic carbocycles. The third-order valence-corrected chi connectivity index (χ3v) is 5.82. The topological polar surface area (TPSA) is 26.3 Å². The molecule has 1 saturated carbocycles. The Bertz CT molecular complexity index is 908. The normalized spacial score (nSPS) is 20.8. The highest BCUT2D eigenvalue weighted by molar-refractivity contribution is 5.94. The molecule has 0 radical (unpaired) electrons. The van der Waals surface area contributed by atoms with Crippen molar-refractivity contribution >= 4 is 5.78 Å². The van der Waals surface area contributed by atoms with Crippen molar-refractivity contribution in [1.29, 1.82) is 0 Å². The molecule has 3 aromatic rings. The fourth-order valence-corrected chi connectivity index (χ4v) is 4.29. The lowest BCUT2D eigenvalue weighted by Gasteiger charge is -2.32. The van der Waals surface area contributed by atoms with Gasteiger partial charge in [0, 0.05) is 18.3 Å². The molecule has 1 fully saturated rings. The summed E-state index contributed by atoms with van der Waals surface area (Å²) in [6.07, 6.45) is 2.66. The van der Waals surface area contributed by atoms with E-state index < -0.39 is 11.0 Å². The number of ketones is 1. The van der Waals surface area contributed by atoms with Crippen LogP contribution in [0.15, 0.2) is 104 Å². The van der Waals surface area contributed by atoms with Gasteiger partial charge in [0.15, 0.2) is 5.78 Å². The van der Waals surface area contributed by atoms with E-state index in [1.165, 1.54) is 0 Å². The van der Waals surface area contributed by atoms with Gasteiger partial charge in [-0.2, -0.15) is 0 Å². The largest absolute Gasteiger partial charge is 0.358 e. The van der Waals surface area contributed by atoms with Crippen LogP contribution in [-0.2, 0) is 21.6 Å². The summed E-state index contributed by atoms with van der Waals surface area (Å²) in [5.74, 6) is 0.0890. The lowest BCUT2D eigenvalue weighted by Crippen LogP contribution is -2.36. The van der Waals surface area contributed by atoms with Crippen LogP contribution in [0.4, 0.5) is 0 Å². The SMILES string of the molecule is C=C[C@]1(OCc2ccccc2)CC(c2ccccc2)(c2ccccc2)CC1=O. The molecule has 140 valence electrons. The zero-order valence-electron chi connectivity index (χ0n) is 15.9. The summed E-state index contributed by atoms with van der Waals surface area (Å²) >= 11 is 0. The third-order valence-electron chi connectivity index (χ3n) is 5.82. The summed E-state index contributed by atoms with van der Waals surface area (Å²) in [6.45, 7) is 4.37. The average Bonchev–Trinajstić information content (AvgIpc) is 3.08. The predicted octanol–water partition coefficient (Wildman–Crippen LogP) is 5.48. The first kappa shape index (κ1) is 18.4. The lowest BCUT2D eigenvalue weighted by molar-refractivity contribution is -0.135. The van der Waals surface area contributed by atoms with Crippen molar-refractivity contribution in [2.75, 3.05) is 0 Å². The van der Waals surface area contributed by atoms with Crippen molar-refractivity contribution < 1.29 is 9.53 Å². The summed E-state index contributed by atoms with van der Waals surface area (Å²) in [7, 11) is 0. The molecule has 0 aromatic heterocycles. The minimum absolute atomic E-state index is 0.0890. The van der Waals surface area contributed by atoms with Crippen LogP contribution in [0.5, 0.6) is 0 Å². The van der Waals surface area contributed by atoms with Crippen LogP contribution in [0.3, 0.4) is 0 Å². The van der Waals surface area contributed by atoms with E-state index in [0.717, 1.165) is 16.7 Å². The van der Waals surface area contributed by atoms with Crippen LogP contribution in [0, 0.1) is 0 Å². The fourth-order valence-electron chi connectivity index (χ4n) is 4.29.